The summed E-state index contributed by atoms with van der Waals surface area (Å²) in [4.78, 5) is 15.1. The highest BCUT2D eigenvalue weighted by atomic mass is 19.1. The molecule has 0 unspecified atom stereocenters. The molecule has 0 atom stereocenters. The van der Waals surface area contributed by atoms with Crippen LogP contribution in [0.25, 0.3) is 0 Å². The normalized spacial score (nSPS) is 11.9. The number of halogens is 1. The van der Waals surface area contributed by atoms with E-state index in [-0.39, 0.29) is 23.5 Å². The smallest absolute Gasteiger partial charge is 0.407 e. The van der Waals surface area contributed by atoms with Crippen LogP contribution >= 0.6 is 0 Å². The van der Waals surface area contributed by atoms with Gasteiger partial charge in [-0.3, -0.25) is 0 Å². The number of nitrogens with two attached hydrogens (primary N) is 1. The number of nitrogens with zero attached hydrogens (tertiary/aromatic N) is 2. The van der Waals surface area contributed by atoms with Crippen molar-refractivity contribution in [1.82, 2.24) is 5.32 Å². The van der Waals surface area contributed by atoms with Crippen LogP contribution in [0.3, 0.4) is 0 Å². The van der Waals surface area contributed by atoms with Gasteiger partial charge >= 0.3 is 6.09 Å². The molecule has 1 aromatic rings. The number of ether oxygens (including phenoxy) is 1. The van der Waals surface area contributed by atoms with E-state index in [9.17, 15) is 9.18 Å². The van der Waals surface area contributed by atoms with Gasteiger partial charge in [-0.25, -0.2) is 14.2 Å². The Morgan fingerprint density at radius 2 is 2.14 bits per heavy atom. The number of benzene rings is 1. The third-order valence-electron chi connectivity index (χ3n) is 2.41. The van der Waals surface area contributed by atoms with Gasteiger partial charge in [0.25, 0.3) is 0 Å². The quantitative estimate of drug-likeness (QED) is 0.387. The van der Waals surface area contributed by atoms with Crippen LogP contribution in [0.15, 0.2) is 28.3 Å². The standard InChI is InChI=1S/C14H19FN4O2/c1-14(2,3)21-13(20)18-8-9-6-5-7-10(11(9)15)12(17-4)19-16/h5-7H,4,8,16H2,1-3H3,(H,18,20)/b19-12-. The molecular weight excluding hydrogens is 275 g/mol. The maximum atomic E-state index is 14.3. The van der Waals surface area contributed by atoms with Gasteiger partial charge in [0.1, 0.15) is 11.4 Å². The van der Waals surface area contributed by atoms with Gasteiger partial charge in [-0.1, -0.05) is 12.1 Å². The molecule has 0 spiro atoms. The number of carbonyl (C=O) groups is 1. The third-order valence-corrected chi connectivity index (χ3v) is 2.41. The second kappa shape index (κ2) is 6.83. The first-order valence-electron chi connectivity index (χ1n) is 6.27. The summed E-state index contributed by atoms with van der Waals surface area (Å²) in [5, 5.41) is 5.84. The van der Waals surface area contributed by atoms with Crippen LogP contribution < -0.4 is 11.2 Å². The minimum Gasteiger partial charge on any atom is -0.444 e. The van der Waals surface area contributed by atoms with E-state index in [4.69, 9.17) is 10.6 Å². The van der Waals surface area contributed by atoms with Crippen LogP contribution in [0.1, 0.15) is 31.9 Å². The molecule has 114 valence electrons. The number of amidine groups is 1. The summed E-state index contributed by atoms with van der Waals surface area (Å²) < 4.78 is 19.3. The Kier molecular flexibility index (Phi) is 5.40. The molecule has 6 nitrogen and oxygen atoms in total. The summed E-state index contributed by atoms with van der Waals surface area (Å²) in [6, 6.07) is 4.63. The number of nitrogens with one attached hydrogen (secondary N) is 1. The number of rotatable bonds is 3. The molecule has 7 heteroatoms. The molecule has 0 saturated carbocycles. The Balaban J connectivity index is 2.84. The summed E-state index contributed by atoms with van der Waals surface area (Å²) in [5.74, 6) is 4.55. The van der Waals surface area contributed by atoms with Gasteiger partial charge in [0.15, 0.2) is 5.84 Å². The average Bonchev–Trinajstić information content (AvgIpc) is 2.38. The van der Waals surface area contributed by atoms with Gasteiger partial charge < -0.3 is 15.9 Å². The molecule has 1 amide bonds. The van der Waals surface area contributed by atoms with Crippen LogP contribution in [0.4, 0.5) is 9.18 Å². The lowest BCUT2D eigenvalue weighted by molar-refractivity contribution is 0.0523. The molecule has 0 fully saturated rings. The maximum Gasteiger partial charge on any atom is 0.407 e. The van der Waals surface area contributed by atoms with Crippen molar-refractivity contribution < 1.29 is 13.9 Å². The van der Waals surface area contributed by atoms with E-state index in [0.29, 0.717) is 0 Å². The van der Waals surface area contributed by atoms with Gasteiger partial charge in [0, 0.05) is 12.1 Å². The Bertz CT molecular complexity index is 565. The third kappa shape index (κ3) is 4.87. The molecule has 0 aliphatic heterocycles. The zero-order valence-electron chi connectivity index (χ0n) is 12.3. The fourth-order valence-electron chi connectivity index (χ4n) is 1.57. The van der Waals surface area contributed by atoms with Crippen molar-refractivity contribution in [2.24, 2.45) is 15.9 Å². The molecule has 1 aromatic carbocycles. The maximum absolute atomic E-state index is 14.3. The lowest BCUT2D eigenvalue weighted by Crippen LogP contribution is -2.32. The Labute approximate surface area is 122 Å². The topological polar surface area (TPSA) is 89.1 Å². The molecule has 0 saturated heterocycles. The molecule has 21 heavy (non-hydrogen) atoms. The number of alkyl carbamates (subject to hydrolysis) is 1. The summed E-state index contributed by atoms with van der Waals surface area (Å²) >= 11 is 0. The van der Waals surface area contributed by atoms with Crippen molar-refractivity contribution in [3.05, 3.63) is 35.1 Å². The van der Waals surface area contributed by atoms with Crippen molar-refractivity contribution in [2.45, 2.75) is 32.9 Å². The van der Waals surface area contributed by atoms with Gasteiger partial charge in [-0.05, 0) is 33.6 Å². The largest absolute Gasteiger partial charge is 0.444 e. The van der Waals surface area contributed by atoms with Crippen LogP contribution in [-0.2, 0) is 11.3 Å². The molecule has 0 radical (unpaired) electrons. The fourth-order valence-corrected chi connectivity index (χ4v) is 1.57. The van der Waals surface area contributed by atoms with Crippen molar-refractivity contribution in [3.63, 3.8) is 0 Å². The van der Waals surface area contributed by atoms with Gasteiger partial charge in [0.05, 0.1) is 5.56 Å². The van der Waals surface area contributed by atoms with Crippen LogP contribution in [0.2, 0.25) is 0 Å². The molecule has 0 aliphatic rings. The van der Waals surface area contributed by atoms with Crippen molar-refractivity contribution >= 4 is 18.6 Å². The fraction of sp³-hybridized carbons (Fsp3) is 0.357. The van der Waals surface area contributed by atoms with E-state index in [1.807, 2.05) is 0 Å². The van der Waals surface area contributed by atoms with Gasteiger partial charge in [-0.15, -0.1) is 0 Å². The predicted octanol–water partition coefficient (Wildman–Crippen LogP) is 2.17. The molecule has 0 heterocycles. The second-order valence-electron chi connectivity index (χ2n) is 5.24. The van der Waals surface area contributed by atoms with Crippen molar-refractivity contribution in [3.8, 4) is 0 Å². The second-order valence-corrected chi connectivity index (χ2v) is 5.24. The average molecular weight is 294 g/mol. The molecule has 3 N–H and O–H groups in total. The highest BCUT2D eigenvalue weighted by Crippen LogP contribution is 2.15. The van der Waals surface area contributed by atoms with Crippen LogP contribution in [0, 0.1) is 5.82 Å². The predicted molar refractivity (Wildman–Crippen MR) is 79.7 cm³/mol. The number of aliphatic imine (C=N–C) groups is 1. The number of hydrogen-bond acceptors (Lipinski definition) is 4. The number of hydrazone groups is 1. The first-order chi connectivity index (χ1) is 9.78. The molecule has 0 bridgehead atoms. The van der Waals surface area contributed by atoms with Gasteiger partial charge in [-0.2, -0.15) is 5.10 Å². The monoisotopic (exact) mass is 294 g/mol. The zero-order valence-corrected chi connectivity index (χ0v) is 12.3. The first kappa shape index (κ1) is 16.6. The number of carbonyl (C=O) groups excluding carboxylic acids is 1. The minimum absolute atomic E-state index is 0.00776. The highest BCUT2D eigenvalue weighted by Gasteiger charge is 2.17. The molecule has 1 rings (SSSR count). The minimum atomic E-state index is -0.623. The van der Waals surface area contributed by atoms with E-state index in [2.05, 4.69) is 22.1 Å². The Morgan fingerprint density at radius 1 is 1.48 bits per heavy atom. The Hall–Kier alpha value is -2.44. The molecule has 0 aromatic heterocycles. The van der Waals surface area contributed by atoms with E-state index in [1.165, 1.54) is 12.1 Å². The zero-order chi connectivity index (χ0) is 16.0. The van der Waals surface area contributed by atoms with E-state index in [0.717, 1.165) is 0 Å². The summed E-state index contributed by atoms with van der Waals surface area (Å²) in [5.41, 5.74) is -0.226. The van der Waals surface area contributed by atoms with Crippen molar-refractivity contribution in [1.29, 1.82) is 0 Å². The van der Waals surface area contributed by atoms with Gasteiger partial charge in [0.2, 0.25) is 0 Å². The Morgan fingerprint density at radius 3 is 2.67 bits per heavy atom. The lowest BCUT2D eigenvalue weighted by Gasteiger charge is -2.19. The van der Waals surface area contributed by atoms with E-state index >= 15 is 0 Å². The summed E-state index contributed by atoms with van der Waals surface area (Å²) in [6.45, 7) is 8.48. The lowest BCUT2D eigenvalue weighted by atomic mass is 10.1. The highest BCUT2D eigenvalue weighted by molar-refractivity contribution is 6.01. The SMILES string of the molecule is C=N/C(=N\N)c1cccc(CNC(=O)OC(C)(C)C)c1F. The molecule has 0 aliphatic carbocycles. The van der Waals surface area contributed by atoms with Crippen molar-refractivity contribution in [2.75, 3.05) is 0 Å². The molecular formula is C14H19FN4O2. The summed E-state index contributed by atoms with van der Waals surface area (Å²) in [7, 11) is 0. The summed E-state index contributed by atoms with van der Waals surface area (Å²) in [6.07, 6.45) is -0.623. The number of amides is 1. The first-order valence-corrected chi connectivity index (χ1v) is 6.27. The van der Waals surface area contributed by atoms with E-state index < -0.39 is 17.5 Å². The number of hydrogen-bond donors (Lipinski definition) is 2. The van der Waals surface area contributed by atoms with Crippen LogP contribution in [0.5, 0.6) is 0 Å². The van der Waals surface area contributed by atoms with E-state index in [1.54, 1.807) is 26.8 Å². The van der Waals surface area contributed by atoms with Crippen LogP contribution in [-0.4, -0.2) is 24.2 Å².